The van der Waals surface area contributed by atoms with Gasteiger partial charge in [-0.15, -0.1) is 0 Å². The molecule has 1 spiro atoms. The van der Waals surface area contributed by atoms with Crippen LogP contribution in [0.5, 0.6) is 0 Å². The van der Waals surface area contributed by atoms with Crippen LogP contribution < -0.4 is 5.32 Å². The summed E-state index contributed by atoms with van der Waals surface area (Å²) in [5.41, 5.74) is 0.696. The van der Waals surface area contributed by atoms with Crippen LogP contribution in [0.3, 0.4) is 0 Å². The van der Waals surface area contributed by atoms with Crippen molar-refractivity contribution in [3.63, 3.8) is 0 Å². The van der Waals surface area contributed by atoms with Gasteiger partial charge in [0.2, 0.25) is 0 Å². The lowest BCUT2D eigenvalue weighted by Gasteiger charge is -2.36. The van der Waals surface area contributed by atoms with Crippen LogP contribution >= 0.6 is 0 Å². The van der Waals surface area contributed by atoms with Gasteiger partial charge in [-0.2, -0.15) is 15.0 Å². The standard InChI is InChI=1S/C18H21N5O2/c1-13-7-5-6-10-18(13)16(24)22(17(25)20-18)12-14-11-19-23(21-14)15-8-3-2-4-9-15/h2-4,8-9,11,13H,5-7,10,12H2,1H3,(H,20,25)/t13-,18-/m0/s1. The van der Waals surface area contributed by atoms with Crippen LogP contribution in [0.4, 0.5) is 4.79 Å². The molecule has 1 aromatic carbocycles. The van der Waals surface area contributed by atoms with E-state index in [0.29, 0.717) is 12.1 Å². The Morgan fingerprint density at radius 2 is 2.04 bits per heavy atom. The molecule has 1 saturated heterocycles. The van der Waals surface area contributed by atoms with Gasteiger partial charge in [-0.3, -0.25) is 9.69 Å². The van der Waals surface area contributed by atoms with Crippen molar-refractivity contribution in [2.45, 2.75) is 44.7 Å². The minimum atomic E-state index is -0.731. The van der Waals surface area contributed by atoms with Crippen LogP contribution in [0.15, 0.2) is 36.5 Å². The highest BCUT2D eigenvalue weighted by Gasteiger charge is 2.54. The first kappa shape index (κ1) is 15.8. The maximum absolute atomic E-state index is 13.0. The SMILES string of the molecule is C[C@H]1CCCC[C@]12NC(=O)N(Cc1cnn(-c3ccccc3)n1)C2=O. The Kier molecular flexibility index (Phi) is 3.78. The van der Waals surface area contributed by atoms with Gasteiger partial charge in [0.15, 0.2) is 0 Å². The Hall–Kier alpha value is -2.70. The average molecular weight is 339 g/mol. The van der Waals surface area contributed by atoms with Crippen LogP contribution in [0, 0.1) is 5.92 Å². The van der Waals surface area contributed by atoms with Crippen molar-refractivity contribution in [2.75, 3.05) is 0 Å². The summed E-state index contributed by atoms with van der Waals surface area (Å²) in [7, 11) is 0. The van der Waals surface area contributed by atoms with E-state index >= 15 is 0 Å². The normalized spacial score (nSPS) is 26.3. The van der Waals surface area contributed by atoms with Gasteiger partial charge in [0.1, 0.15) is 11.2 Å². The summed E-state index contributed by atoms with van der Waals surface area (Å²) in [5.74, 6) is 0.0293. The molecule has 4 rings (SSSR count). The highest BCUT2D eigenvalue weighted by Crippen LogP contribution is 2.38. The molecule has 0 unspecified atom stereocenters. The number of hydrogen-bond acceptors (Lipinski definition) is 4. The molecule has 25 heavy (non-hydrogen) atoms. The summed E-state index contributed by atoms with van der Waals surface area (Å²) >= 11 is 0. The van der Waals surface area contributed by atoms with Gasteiger partial charge < -0.3 is 5.32 Å². The molecular formula is C18H21N5O2. The van der Waals surface area contributed by atoms with Crippen molar-refractivity contribution in [3.8, 4) is 5.69 Å². The van der Waals surface area contributed by atoms with Crippen LogP contribution in [0.25, 0.3) is 5.69 Å². The number of urea groups is 1. The van der Waals surface area contributed by atoms with E-state index in [1.54, 1.807) is 6.20 Å². The molecule has 2 fully saturated rings. The van der Waals surface area contributed by atoms with E-state index in [4.69, 9.17) is 0 Å². The van der Waals surface area contributed by atoms with Gasteiger partial charge in [0.25, 0.3) is 5.91 Å². The van der Waals surface area contributed by atoms with Crippen molar-refractivity contribution in [1.82, 2.24) is 25.2 Å². The summed E-state index contributed by atoms with van der Waals surface area (Å²) in [6, 6.07) is 9.21. The number of aromatic nitrogens is 3. The lowest BCUT2D eigenvalue weighted by atomic mass is 9.73. The molecule has 7 nitrogen and oxygen atoms in total. The first-order valence-electron chi connectivity index (χ1n) is 8.71. The van der Waals surface area contributed by atoms with Crippen molar-refractivity contribution in [1.29, 1.82) is 0 Å². The monoisotopic (exact) mass is 339 g/mol. The highest BCUT2D eigenvalue weighted by atomic mass is 16.2. The third-order valence-corrected chi connectivity index (χ3v) is 5.35. The Morgan fingerprint density at radius 1 is 1.24 bits per heavy atom. The molecule has 1 saturated carbocycles. The number of benzene rings is 1. The third kappa shape index (κ3) is 2.59. The minimum Gasteiger partial charge on any atom is -0.323 e. The molecule has 130 valence electrons. The van der Waals surface area contributed by atoms with E-state index < -0.39 is 5.54 Å². The fourth-order valence-corrected chi connectivity index (χ4v) is 3.85. The number of amides is 3. The topological polar surface area (TPSA) is 80.1 Å². The number of imide groups is 1. The fourth-order valence-electron chi connectivity index (χ4n) is 3.85. The molecule has 2 aromatic rings. The van der Waals surface area contributed by atoms with Crippen molar-refractivity contribution < 1.29 is 9.59 Å². The molecule has 0 bridgehead atoms. The minimum absolute atomic E-state index is 0.126. The molecule has 1 aliphatic heterocycles. The van der Waals surface area contributed by atoms with Crippen molar-refractivity contribution in [2.24, 2.45) is 5.92 Å². The van der Waals surface area contributed by atoms with Crippen LogP contribution in [-0.2, 0) is 11.3 Å². The van der Waals surface area contributed by atoms with E-state index in [0.717, 1.165) is 24.9 Å². The van der Waals surface area contributed by atoms with Gasteiger partial charge in [0.05, 0.1) is 18.4 Å². The van der Waals surface area contributed by atoms with Gasteiger partial charge in [-0.05, 0) is 30.9 Å². The lowest BCUT2D eigenvalue weighted by molar-refractivity contribution is -0.134. The smallest absolute Gasteiger partial charge is 0.323 e. The van der Waals surface area contributed by atoms with Crippen molar-refractivity contribution in [3.05, 3.63) is 42.2 Å². The first-order chi connectivity index (χ1) is 12.1. The Morgan fingerprint density at radius 3 is 2.80 bits per heavy atom. The summed E-state index contributed by atoms with van der Waals surface area (Å²) in [4.78, 5) is 28.2. The number of hydrogen-bond donors (Lipinski definition) is 1. The number of nitrogens with zero attached hydrogens (tertiary/aromatic N) is 4. The molecule has 1 aliphatic carbocycles. The quantitative estimate of drug-likeness (QED) is 0.870. The third-order valence-electron chi connectivity index (χ3n) is 5.35. The fraction of sp³-hybridized carbons (Fsp3) is 0.444. The lowest BCUT2D eigenvalue weighted by Crippen LogP contribution is -2.53. The predicted molar refractivity (Wildman–Crippen MR) is 90.8 cm³/mol. The summed E-state index contributed by atoms with van der Waals surface area (Å²) < 4.78 is 0. The van der Waals surface area contributed by atoms with Gasteiger partial charge >= 0.3 is 6.03 Å². The number of rotatable bonds is 3. The largest absolute Gasteiger partial charge is 0.325 e. The zero-order chi connectivity index (χ0) is 17.4. The highest BCUT2D eigenvalue weighted by molar-refractivity contribution is 6.07. The zero-order valence-corrected chi connectivity index (χ0v) is 14.2. The maximum Gasteiger partial charge on any atom is 0.325 e. The number of nitrogens with one attached hydrogen (secondary N) is 1. The Balaban J connectivity index is 1.54. The van der Waals surface area contributed by atoms with Crippen LogP contribution in [0.2, 0.25) is 0 Å². The second kappa shape index (κ2) is 5.98. The summed E-state index contributed by atoms with van der Waals surface area (Å²) in [6.07, 6.45) is 5.35. The van der Waals surface area contributed by atoms with E-state index in [2.05, 4.69) is 15.5 Å². The van der Waals surface area contributed by atoms with Gasteiger partial charge in [0, 0.05) is 0 Å². The molecule has 2 atom stereocenters. The number of para-hydroxylation sites is 1. The second-order valence-electron chi connectivity index (χ2n) is 6.90. The summed E-state index contributed by atoms with van der Waals surface area (Å²) in [6.45, 7) is 2.19. The molecule has 7 heteroatoms. The molecule has 3 amide bonds. The molecule has 2 heterocycles. The van der Waals surface area contributed by atoms with Crippen LogP contribution in [-0.4, -0.2) is 37.4 Å². The number of carbonyl (C=O) groups excluding carboxylic acids is 2. The summed E-state index contributed by atoms with van der Waals surface area (Å²) in [5, 5.41) is 11.6. The Labute approximate surface area is 146 Å². The number of carbonyl (C=O) groups is 2. The second-order valence-corrected chi connectivity index (χ2v) is 6.90. The van der Waals surface area contributed by atoms with Crippen LogP contribution in [0.1, 0.15) is 38.3 Å². The molecule has 0 radical (unpaired) electrons. The van der Waals surface area contributed by atoms with Gasteiger partial charge in [-0.25, -0.2) is 4.79 Å². The molecule has 2 aliphatic rings. The van der Waals surface area contributed by atoms with Crippen molar-refractivity contribution >= 4 is 11.9 Å². The van der Waals surface area contributed by atoms with E-state index in [1.807, 2.05) is 37.3 Å². The van der Waals surface area contributed by atoms with E-state index in [1.165, 1.54) is 9.70 Å². The Bertz CT molecular complexity index is 803. The molecular weight excluding hydrogens is 318 g/mol. The molecule has 1 aromatic heterocycles. The molecule has 1 N–H and O–H groups in total. The maximum atomic E-state index is 13.0. The first-order valence-corrected chi connectivity index (χ1v) is 8.71. The van der Waals surface area contributed by atoms with Gasteiger partial charge in [-0.1, -0.05) is 38.0 Å². The van der Waals surface area contributed by atoms with E-state index in [9.17, 15) is 9.59 Å². The average Bonchev–Trinajstić information content (AvgIpc) is 3.18. The predicted octanol–water partition coefficient (Wildman–Crippen LogP) is 2.27. The van der Waals surface area contributed by atoms with E-state index in [-0.39, 0.29) is 24.4 Å². The zero-order valence-electron chi connectivity index (χ0n) is 14.2.